The molecule has 0 fully saturated rings. The Bertz CT molecular complexity index is 355. The zero-order chi connectivity index (χ0) is 10.7. The van der Waals surface area contributed by atoms with Crippen LogP contribution in [-0.4, -0.2) is 12.0 Å². The van der Waals surface area contributed by atoms with E-state index in [-0.39, 0.29) is 16.7 Å². The number of nitro groups is 1. The van der Waals surface area contributed by atoms with Gasteiger partial charge in [0.15, 0.2) is 0 Å². The fourth-order valence-electron chi connectivity index (χ4n) is 1.26. The summed E-state index contributed by atoms with van der Waals surface area (Å²) in [5.41, 5.74) is 0.821. The number of nitrogens with one attached hydrogen (secondary N) is 1. The van der Waals surface area contributed by atoms with E-state index in [1.54, 1.807) is 19.2 Å². The first-order chi connectivity index (χ1) is 6.57. The van der Waals surface area contributed by atoms with E-state index in [9.17, 15) is 10.1 Å². The quantitative estimate of drug-likeness (QED) is 0.670. The van der Waals surface area contributed by atoms with Gasteiger partial charge in [0.1, 0.15) is 0 Å². The minimum Gasteiger partial charge on any atom is -0.313 e. The van der Waals surface area contributed by atoms with Crippen molar-refractivity contribution in [1.29, 1.82) is 0 Å². The summed E-state index contributed by atoms with van der Waals surface area (Å²) in [5, 5.41) is 13.7. The Morgan fingerprint density at radius 1 is 1.57 bits per heavy atom. The molecule has 76 valence electrons. The van der Waals surface area contributed by atoms with Crippen molar-refractivity contribution in [2.24, 2.45) is 0 Å². The van der Waals surface area contributed by atoms with Crippen molar-refractivity contribution in [3.05, 3.63) is 38.3 Å². The third-order valence-corrected chi connectivity index (χ3v) is 2.78. The summed E-state index contributed by atoms with van der Waals surface area (Å²) in [7, 11) is 1.77. The van der Waals surface area contributed by atoms with Crippen molar-refractivity contribution in [2.75, 3.05) is 7.05 Å². The molecule has 0 saturated heterocycles. The number of nitro benzene ring substituents is 1. The summed E-state index contributed by atoms with van der Waals surface area (Å²) in [4.78, 5) is 10.4. The maximum Gasteiger partial charge on any atom is 0.275 e. The zero-order valence-corrected chi connectivity index (χ0v) is 9.54. The van der Waals surface area contributed by atoms with Crippen LogP contribution in [-0.2, 0) is 0 Å². The van der Waals surface area contributed by atoms with Gasteiger partial charge in [0.05, 0.1) is 10.5 Å². The van der Waals surface area contributed by atoms with Crippen molar-refractivity contribution in [1.82, 2.24) is 5.32 Å². The average molecular weight is 259 g/mol. The van der Waals surface area contributed by atoms with Gasteiger partial charge >= 0.3 is 0 Å². The summed E-state index contributed by atoms with van der Waals surface area (Å²) in [6.45, 7) is 1.88. The summed E-state index contributed by atoms with van der Waals surface area (Å²) < 4.78 is 0.758. The Morgan fingerprint density at radius 2 is 2.21 bits per heavy atom. The average Bonchev–Trinajstić information content (AvgIpc) is 2.16. The van der Waals surface area contributed by atoms with Gasteiger partial charge in [-0.1, -0.05) is 22.0 Å². The smallest absolute Gasteiger partial charge is 0.275 e. The lowest BCUT2D eigenvalue weighted by atomic mass is 10.1. The normalized spacial score (nSPS) is 12.5. The van der Waals surface area contributed by atoms with E-state index in [0.29, 0.717) is 5.56 Å². The van der Waals surface area contributed by atoms with Crippen LogP contribution in [0.3, 0.4) is 0 Å². The van der Waals surface area contributed by atoms with Crippen LogP contribution in [0, 0.1) is 10.1 Å². The predicted octanol–water partition coefficient (Wildman–Crippen LogP) is 2.64. The first kappa shape index (κ1) is 11.1. The first-order valence-electron chi connectivity index (χ1n) is 4.18. The van der Waals surface area contributed by atoms with E-state index >= 15 is 0 Å². The lowest BCUT2D eigenvalue weighted by Gasteiger charge is -2.12. The van der Waals surface area contributed by atoms with Gasteiger partial charge in [-0.3, -0.25) is 10.1 Å². The zero-order valence-electron chi connectivity index (χ0n) is 7.95. The number of nitrogens with zero attached hydrogens (tertiary/aromatic N) is 1. The van der Waals surface area contributed by atoms with Crippen molar-refractivity contribution < 1.29 is 4.92 Å². The van der Waals surface area contributed by atoms with Crippen molar-refractivity contribution in [3.63, 3.8) is 0 Å². The molecule has 0 aliphatic heterocycles. The topological polar surface area (TPSA) is 55.2 Å². The number of halogens is 1. The maximum atomic E-state index is 10.8. The monoisotopic (exact) mass is 258 g/mol. The minimum absolute atomic E-state index is 0.0500. The highest BCUT2D eigenvalue weighted by molar-refractivity contribution is 9.10. The van der Waals surface area contributed by atoms with Gasteiger partial charge < -0.3 is 5.32 Å². The number of benzene rings is 1. The lowest BCUT2D eigenvalue weighted by Crippen LogP contribution is -2.14. The molecule has 1 atom stereocenters. The Labute approximate surface area is 90.6 Å². The summed E-state index contributed by atoms with van der Waals surface area (Å²) in [6.07, 6.45) is 0. The Morgan fingerprint density at radius 3 is 2.71 bits per heavy atom. The van der Waals surface area contributed by atoms with Crippen LogP contribution < -0.4 is 5.32 Å². The molecule has 1 aromatic carbocycles. The van der Waals surface area contributed by atoms with Gasteiger partial charge in [-0.15, -0.1) is 0 Å². The van der Waals surface area contributed by atoms with Crippen LogP contribution in [0.2, 0.25) is 0 Å². The van der Waals surface area contributed by atoms with E-state index in [1.807, 2.05) is 6.92 Å². The van der Waals surface area contributed by atoms with Gasteiger partial charge in [-0.05, 0) is 20.0 Å². The summed E-state index contributed by atoms with van der Waals surface area (Å²) in [5.74, 6) is 0. The molecule has 0 saturated carbocycles. The molecule has 1 N–H and O–H groups in total. The van der Waals surface area contributed by atoms with Gasteiger partial charge in [-0.25, -0.2) is 0 Å². The summed E-state index contributed by atoms with van der Waals surface area (Å²) >= 11 is 3.31. The molecule has 14 heavy (non-hydrogen) atoms. The molecule has 0 bridgehead atoms. The van der Waals surface area contributed by atoms with Crippen LogP contribution in [0.4, 0.5) is 5.69 Å². The molecule has 4 nitrogen and oxygen atoms in total. The van der Waals surface area contributed by atoms with Crippen molar-refractivity contribution >= 4 is 21.6 Å². The lowest BCUT2D eigenvalue weighted by molar-refractivity contribution is -0.385. The van der Waals surface area contributed by atoms with Gasteiger partial charge in [0, 0.05) is 16.6 Å². The highest BCUT2D eigenvalue weighted by Gasteiger charge is 2.20. The Kier molecular flexibility index (Phi) is 3.60. The third-order valence-electron chi connectivity index (χ3n) is 2.09. The molecule has 1 rings (SSSR count). The maximum absolute atomic E-state index is 10.8. The first-order valence-corrected chi connectivity index (χ1v) is 4.97. The Hall–Kier alpha value is -0.940. The van der Waals surface area contributed by atoms with E-state index in [1.165, 1.54) is 6.07 Å². The second-order valence-electron chi connectivity index (χ2n) is 2.94. The number of hydrogen-bond donors (Lipinski definition) is 1. The van der Waals surface area contributed by atoms with Gasteiger partial charge in [-0.2, -0.15) is 0 Å². The molecule has 0 spiro atoms. The number of rotatable bonds is 3. The van der Waals surface area contributed by atoms with E-state index in [0.717, 1.165) is 4.47 Å². The van der Waals surface area contributed by atoms with Crippen molar-refractivity contribution in [2.45, 2.75) is 13.0 Å². The van der Waals surface area contributed by atoms with Crippen LogP contribution in [0.1, 0.15) is 18.5 Å². The molecule has 1 unspecified atom stereocenters. The Balaban J connectivity index is 3.29. The van der Waals surface area contributed by atoms with Crippen LogP contribution in [0.5, 0.6) is 0 Å². The van der Waals surface area contributed by atoms with Gasteiger partial charge in [0.2, 0.25) is 0 Å². The second-order valence-corrected chi connectivity index (χ2v) is 3.79. The van der Waals surface area contributed by atoms with Crippen LogP contribution in [0.25, 0.3) is 0 Å². The molecule has 0 heterocycles. The van der Waals surface area contributed by atoms with E-state index in [4.69, 9.17) is 0 Å². The highest BCUT2D eigenvalue weighted by atomic mass is 79.9. The van der Waals surface area contributed by atoms with E-state index in [2.05, 4.69) is 21.2 Å². The largest absolute Gasteiger partial charge is 0.313 e. The fourth-order valence-corrected chi connectivity index (χ4v) is 1.96. The second kappa shape index (κ2) is 4.52. The molecule has 5 heteroatoms. The van der Waals surface area contributed by atoms with E-state index < -0.39 is 0 Å². The summed E-state index contributed by atoms with van der Waals surface area (Å²) in [6, 6.07) is 4.92. The molecule has 0 aromatic heterocycles. The van der Waals surface area contributed by atoms with Gasteiger partial charge in [0.25, 0.3) is 5.69 Å². The van der Waals surface area contributed by atoms with Crippen molar-refractivity contribution in [3.8, 4) is 0 Å². The molecule has 0 amide bonds. The predicted molar refractivity (Wildman–Crippen MR) is 58.3 cm³/mol. The molecule has 0 aliphatic rings. The molecule has 1 aromatic rings. The molecular weight excluding hydrogens is 248 g/mol. The fraction of sp³-hybridized carbons (Fsp3) is 0.333. The van der Waals surface area contributed by atoms with Crippen LogP contribution >= 0.6 is 15.9 Å². The standard InChI is InChI=1S/C9H11BrN2O2/c1-6(11-2)9-7(10)4-3-5-8(9)12(13)14/h3-6,11H,1-2H3. The SMILES string of the molecule is CNC(C)c1c(Br)cccc1[N+](=O)[O-]. The molecule has 0 radical (unpaired) electrons. The molecular formula is C9H11BrN2O2. The third kappa shape index (κ3) is 2.10. The molecule has 0 aliphatic carbocycles. The highest BCUT2D eigenvalue weighted by Crippen LogP contribution is 2.31. The van der Waals surface area contributed by atoms with Crippen LogP contribution in [0.15, 0.2) is 22.7 Å². The minimum atomic E-state index is -0.367. The number of hydrogen-bond acceptors (Lipinski definition) is 3.